The normalized spacial score (nSPS) is 21.7. The number of benzene rings is 2. The van der Waals surface area contributed by atoms with E-state index in [0.29, 0.717) is 23.8 Å². The van der Waals surface area contributed by atoms with Gasteiger partial charge in [0.2, 0.25) is 5.54 Å². The molecule has 5 nitrogen and oxygen atoms in total. The minimum atomic E-state index is -5.08. The van der Waals surface area contributed by atoms with Gasteiger partial charge in [-0.1, -0.05) is 36.4 Å². The van der Waals surface area contributed by atoms with Gasteiger partial charge in [-0.3, -0.25) is 9.69 Å². The monoisotopic (exact) mass is 439 g/mol. The second kappa shape index (κ2) is 7.60. The molecule has 2 fully saturated rings. The molecule has 0 bridgehead atoms. The molecule has 3 amide bonds. The SMILES string of the molecule is O=C1NC(c2ccccc2)(C(F)(F)F)C(=O)N1CN(Cc1ccc(F)cc1F)C1CC1. The summed E-state index contributed by atoms with van der Waals surface area (Å²) in [5.74, 6) is -3.01. The van der Waals surface area contributed by atoms with E-state index in [9.17, 15) is 31.5 Å². The number of nitrogens with one attached hydrogen (secondary N) is 1. The second-order valence-corrected chi connectivity index (χ2v) is 7.63. The van der Waals surface area contributed by atoms with Crippen LogP contribution in [0.2, 0.25) is 0 Å². The maximum absolute atomic E-state index is 14.1. The van der Waals surface area contributed by atoms with E-state index in [-0.39, 0.29) is 18.2 Å². The number of alkyl halides is 3. The van der Waals surface area contributed by atoms with Crippen LogP contribution in [0.5, 0.6) is 0 Å². The van der Waals surface area contributed by atoms with Gasteiger partial charge in [-0.15, -0.1) is 0 Å². The van der Waals surface area contributed by atoms with E-state index in [0.717, 1.165) is 18.2 Å². The first-order valence-electron chi connectivity index (χ1n) is 9.58. The molecule has 0 aromatic heterocycles. The molecule has 31 heavy (non-hydrogen) atoms. The lowest BCUT2D eigenvalue weighted by Crippen LogP contribution is -2.56. The van der Waals surface area contributed by atoms with E-state index < -0.39 is 47.5 Å². The molecular weight excluding hydrogens is 421 g/mol. The smallest absolute Gasteiger partial charge is 0.312 e. The van der Waals surface area contributed by atoms with Crippen molar-refractivity contribution in [2.75, 3.05) is 6.67 Å². The Balaban J connectivity index is 1.63. The van der Waals surface area contributed by atoms with Crippen LogP contribution in [0.25, 0.3) is 0 Å². The fourth-order valence-corrected chi connectivity index (χ4v) is 3.73. The molecule has 0 radical (unpaired) electrons. The third kappa shape index (κ3) is 3.76. The lowest BCUT2D eigenvalue weighted by atomic mass is 9.89. The molecule has 164 valence electrons. The number of urea groups is 1. The molecule has 2 aromatic rings. The van der Waals surface area contributed by atoms with E-state index >= 15 is 0 Å². The number of amides is 3. The molecule has 1 saturated carbocycles. The fraction of sp³-hybridized carbons (Fsp3) is 0.333. The molecular formula is C21H18F5N3O2. The summed E-state index contributed by atoms with van der Waals surface area (Å²) in [6.07, 6.45) is -3.70. The lowest BCUT2D eigenvalue weighted by Gasteiger charge is -2.30. The maximum Gasteiger partial charge on any atom is 0.425 e. The summed E-state index contributed by atoms with van der Waals surface area (Å²) in [5.41, 5.74) is -3.47. The van der Waals surface area contributed by atoms with Gasteiger partial charge in [0.1, 0.15) is 11.6 Å². The van der Waals surface area contributed by atoms with Crippen LogP contribution in [-0.2, 0) is 16.9 Å². The molecule has 1 aliphatic heterocycles. The zero-order valence-electron chi connectivity index (χ0n) is 16.1. The molecule has 2 aliphatic rings. The Labute approximate surface area is 174 Å². The minimum Gasteiger partial charge on any atom is -0.312 e. The Morgan fingerprint density at radius 3 is 2.32 bits per heavy atom. The van der Waals surface area contributed by atoms with Crippen LogP contribution in [0.4, 0.5) is 26.7 Å². The molecule has 0 spiro atoms. The Hall–Kier alpha value is -3.01. The van der Waals surface area contributed by atoms with Crippen LogP contribution in [0.15, 0.2) is 48.5 Å². The van der Waals surface area contributed by atoms with E-state index in [2.05, 4.69) is 0 Å². The zero-order valence-corrected chi connectivity index (χ0v) is 16.1. The third-order valence-corrected chi connectivity index (χ3v) is 5.51. The summed E-state index contributed by atoms with van der Waals surface area (Å²) in [6.45, 7) is -0.533. The van der Waals surface area contributed by atoms with Crippen molar-refractivity contribution in [3.05, 3.63) is 71.3 Å². The highest BCUT2D eigenvalue weighted by molar-refractivity contribution is 6.08. The largest absolute Gasteiger partial charge is 0.425 e. The van der Waals surface area contributed by atoms with Gasteiger partial charge in [0.15, 0.2) is 0 Å². The number of halogens is 5. The maximum atomic E-state index is 14.1. The van der Waals surface area contributed by atoms with Crippen LogP contribution in [0, 0.1) is 11.6 Å². The van der Waals surface area contributed by atoms with Crippen molar-refractivity contribution in [1.29, 1.82) is 0 Å². The van der Waals surface area contributed by atoms with Crippen LogP contribution in [-0.4, -0.2) is 40.6 Å². The fourth-order valence-electron chi connectivity index (χ4n) is 3.73. The molecule has 2 aromatic carbocycles. The Morgan fingerprint density at radius 1 is 1.06 bits per heavy atom. The topological polar surface area (TPSA) is 52.7 Å². The van der Waals surface area contributed by atoms with Crippen molar-refractivity contribution >= 4 is 11.9 Å². The van der Waals surface area contributed by atoms with Gasteiger partial charge >= 0.3 is 12.2 Å². The van der Waals surface area contributed by atoms with Crippen molar-refractivity contribution < 1.29 is 31.5 Å². The molecule has 4 rings (SSSR count). The van der Waals surface area contributed by atoms with Crippen LogP contribution >= 0.6 is 0 Å². The van der Waals surface area contributed by atoms with E-state index in [4.69, 9.17) is 0 Å². The number of hydrogen-bond acceptors (Lipinski definition) is 3. The van der Waals surface area contributed by atoms with Crippen molar-refractivity contribution in [3.8, 4) is 0 Å². The molecule has 1 atom stereocenters. The molecule has 1 saturated heterocycles. The quantitative estimate of drug-likeness (QED) is 0.549. The van der Waals surface area contributed by atoms with Crippen LogP contribution in [0.3, 0.4) is 0 Å². The molecule has 10 heteroatoms. The van der Waals surface area contributed by atoms with Crippen LogP contribution < -0.4 is 5.32 Å². The summed E-state index contributed by atoms with van der Waals surface area (Å²) < 4.78 is 69.5. The van der Waals surface area contributed by atoms with Crippen molar-refractivity contribution in [2.45, 2.75) is 37.1 Å². The van der Waals surface area contributed by atoms with Gasteiger partial charge in [0.05, 0.1) is 6.67 Å². The molecule has 1 aliphatic carbocycles. The predicted molar refractivity (Wildman–Crippen MR) is 99.3 cm³/mol. The number of nitrogens with zero attached hydrogens (tertiary/aromatic N) is 2. The average Bonchev–Trinajstić information content (AvgIpc) is 3.51. The molecule has 1 heterocycles. The lowest BCUT2D eigenvalue weighted by molar-refractivity contribution is -0.198. The number of carbonyl (C=O) groups is 2. The Kier molecular flexibility index (Phi) is 5.20. The second-order valence-electron chi connectivity index (χ2n) is 7.63. The predicted octanol–water partition coefficient (Wildman–Crippen LogP) is 3.90. The summed E-state index contributed by atoms with van der Waals surface area (Å²) in [4.78, 5) is 27.6. The highest BCUT2D eigenvalue weighted by Gasteiger charge is 2.68. The Morgan fingerprint density at radius 2 is 1.74 bits per heavy atom. The van der Waals surface area contributed by atoms with Gasteiger partial charge in [0, 0.05) is 24.2 Å². The Bertz CT molecular complexity index is 1010. The van der Waals surface area contributed by atoms with Crippen molar-refractivity contribution in [3.63, 3.8) is 0 Å². The number of rotatable bonds is 6. The number of carbonyl (C=O) groups excluding carboxylic acids is 2. The van der Waals surface area contributed by atoms with E-state index in [1.807, 2.05) is 5.32 Å². The average molecular weight is 439 g/mol. The highest BCUT2D eigenvalue weighted by Crippen LogP contribution is 2.43. The first kappa shape index (κ1) is 21.2. The standard InChI is InChI=1S/C21H18F5N3O2/c22-15-7-6-13(17(23)10-15)11-28(16-8-9-16)12-29-18(30)20(21(24,25)26,27-19(29)31)14-4-2-1-3-5-14/h1-7,10,16H,8-9,11-12H2,(H,27,31). The van der Waals surface area contributed by atoms with Gasteiger partial charge in [-0.05, 0) is 24.5 Å². The summed E-state index contributed by atoms with van der Waals surface area (Å²) in [6, 6.07) is 8.15. The number of imide groups is 1. The first-order chi connectivity index (χ1) is 14.6. The molecule has 1 unspecified atom stereocenters. The minimum absolute atomic E-state index is 0.0851. The highest BCUT2D eigenvalue weighted by atomic mass is 19.4. The summed E-state index contributed by atoms with van der Waals surface area (Å²) in [5, 5.41) is 1.83. The van der Waals surface area contributed by atoms with Crippen LogP contribution in [0.1, 0.15) is 24.0 Å². The number of hydrogen-bond donors (Lipinski definition) is 1. The van der Waals surface area contributed by atoms with Gasteiger partial charge in [0.25, 0.3) is 5.91 Å². The van der Waals surface area contributed by atoms with Gasteiger partial charge < -0.3 is 5.32 Å². The van der Waals surface area contributed by atoms with Crippen molar-refractivity contribution in [1.82, 2.24) is 15.1 Å². The molecule has 1 N–H and O–H groups in total. The van der Waals surface area contributed by atoms with E-state index in [1.54, 1.807) is 4.90 Å². The van der Waals surface area contributed by atoms with Crippen molar-refractivity contribution in [2.24, 2.45) is 0 Å². The van der Waals surface area contributed by atoms with E-state index in [1.165, 1.54) is 24.3 Å². The van der Waals surface area contributed by atoms with Gasteiger partial charge in [-0.25, -0.2) is 18.5 Å². The summed E-state index contributed by atoms with van der Waals surface area (Å²) in [7, 11) is 0. The first-order valence-corrected chi connectivity index (χ1v) is 9.58. The zero-order chi connectivity index (χ0) is 22.4. The third-order valence-electron chi connectivity index (χ3n) is 5.51. The van der Waals surface area contributed by atoms with Gasteiger partial charge in [-0.2, -0.15) is 13.2 Å². The summed E-state index contributed by atoms with van der Waals surface area (Å²) >= 11 is 0.